The number of hydrogen-bond acceptors (Lipinski definition) is 6. The van der Waals surface area contributed by atoms with Gasteiger partial charge in [0.1, 0.15) is 6.67 Å². The summed E-state index contributed by atoms with van der Waals surface area (Å²) in [6.07, 6.45) is 3.62. The number of aryl methyl sites for hydroxylation is 1. The van der Waals surface area contributed by atoms with Crippen LogP contribution in [-0.2, 0) is 14.9 Å². The van der Waals surface area contributed by atoms with Crippen molar-refractivity contribution in [3.63, 3.8) is 0 Å². The van der Waals surface area contributed by atoms with Gasteiger partial charge in [-0.15, -0.1) is 5.10 Å². The molecule has 29 heavy (non-hydrogen) atoms. The second-order valence-electron chi connectivity index (χ2n) is 7.58. The van der Waals surface area contributed by atoms with Gasteiger partial charge in [0.2, 0.25) is 5.91 Å². The Morgan fingerprint density at radius 2 is 1.90 bits per heavy atom. The van der Waals surface area contributed by atoms with Gasteiger partial charge in [0, 0.05) is 11.9 Å². The largest absolute Gasteiger partial charge is 0.494 e. The van der Waals surface area contributed by atoms with E-state index in [1.807, 2.05) is 69.1 Å². The van der Waals surface area contributed by atoms with Crippen LogP contribution in [0, 0.1) is 12.8 Å². The van der Waals surface area contributed by atoms with E-state index in [1.54, 1.807) is 19.4 Å². The number of anilines is 2. The zero-order valence-electron chi connectivity index (χ0n) is 17.5. The smallest absolute Gasteiger partial charge is 0.236 e. The van der Waals surface area contributed by atoms with Gasteiger partial charge >= 0.3 is 0 Å². The lowest BCUT2D eigenvalue weighted by molar-refractivity contribution is -0.122. The standard InChI is InChI=1S/C22H27N5O2/c1-15(2)22(4,21(28)24-20-11-6-16(3)25-26-20)17-7-9-18(10-8-17)27-13-19(29-5)12-23-14-27/h6-13,15H,14H2,1-5H3,(H,24,26,28). The molecule has 0 aliphatic carbocycles. The van der Waals surface area contributed by atoms with E-state index in [1.165, 1.54) is 0 Å². The fraction of sp³-hybridized carbons (Fsp3) is 0.364. The molecule has 1 amide bonds. The van der Waals surface area contributed by atoms with E-state index >= 15 is 0 Å². The van der Waals surface area contributed by atoms with Gasteiger partial charge in [-0.1, -0.05) is 26.0 Å². The van der Waals surface area contributed by atoms with Gasteiger partial charge in [-0.2, -0.15) is 5.10 Å². The molecule has 1 N–H and O–H groups in total. The highest BCUT2D eigenvalue weighted by Gasteiger charge is 2.38. The van der Waals surface area contributed by atoms with E-state index < -0.39 is 5.41 Å². The SMILES string of the molecule is COC1=CN(c2ccc(C(C)(C(=O)Nc3ccc(C)nn3)C(C)C)cc2)CN=C1. The summed E-state index contributed by atoms with van der Waals surface area (Å²) in [4.78, 5) is 19.5. The van der Waals surface area contributed by atoms with E-state index in [0.29, 0.717) is 18.2 Å². The molecular formula is C22H27N5O2. The summed E-state index contributed by atoms with van der Waals surface area (Å²) in [5.74, 6) is 1.12. The molecule has 1 aliphatic heterocycles. The van der Waals surface area contributed by atoms with Crippen molar-refractivity contribution in [2.45, 2.75) is 33.1 Å². The summed E-state index contributed by atoms with van der Waals surface area (Å²) in [5.41, 5.74) is 2.00. The van der Waals surface area contributed by atoms with Crippen LogP contribution < -0.4 is 10.2 Å². The third-order valence-corrected chi connectivity index (χ3v) is 5.44. The molecule has 0 saturated heterocycles. The maximum absolute atomic E-state index is 13.2. The zero-order chi connectivity index (χ0) is 21.0. The average Bonchev–Trinajstić information content (AvgIpc) is 2.74. The monoisotopic (exact) mass is 393 g/mol. The predicted molar refractivity (Wildman–Crippen MR) is 115 cm³/mol. The highest BCUT2D eigenvalue weighted by molar-refractivity contribution is 5.98. The molecule has 3 rings (SSSR count). The maximum atomic E-state index is 13.2. The number of nitrogens with zero attached hydrogens (tertiary/aromatic N) is 4. The second-order valence-corrected chi connectivity index (χ2v) is 7.58. The summed E-state index contributed by atoms with van der Waals surface area (Å²) in [5, 5.41) is 11.0. The number of benzene rings is 1. The number of amides is 1. The van der Waals surface area contributed by atoms with Crippen LogP contribution in [0.3, 0.4) is 0 Å². The molecule has 152 valence electrons. The molecule has 2 aromatic rings. The summed E-state index contributed by atoms with van der Waals surface area (Å²) in [6, 6.07) is 11.6. The molecule has 0 bridgehead atoms. The minimum atomic E-state index is -0.724. The van der Waals surface area contributed by atoms with E-state index in [2.05, 4.69) is 20.5 Å². The van der Waals surface area contributed by atoms with Gasteiger partial charge in [0.25, 0.3) is 0 Å². The van der Waals surface area contributed by atoms with E-state index in [4.69, 9.17) is 4.74 Å². The quantitative estimate of drug-likeness (QED) is 0.810. The predicted octanol–water partition coefficient (Wildman–Crippen LogP) is 3.67. The van der Waals surface area contributed by atoms with Gasteiger partial charge in [0.05, 0.1) is 24.4 Å². The maximum Gasteiger partial charge on any atom is 0.236 e. The number of aliphatic imine (C=N–C) groups is 1. The first-order valence-electron chi connectivity index (χ1n) is 9.59. The molecule has 0 saturated carbocycles. The lowest BCUT2D eigenvalue weighted by atomic mass is 9.72. The average molecular weight is 393 g/mol. The van der Waals surface area contributed by atoms with Crippen LogP contribution in [0.25, 0.3) is 0 Å². The van der Waals surface area contributed by atoms with Crippen LogP contribution in [0.1, 0.15) is 32.0 Å². The number of carbonyl (C=O) groups is 1. The number of nitrogens with one attached hydrogen (secondary N) is 1. The van der Waals surface area contributed by atoms with Crippen LogP contribution in [0.4, 0.5) is 11.5 Å². The fourth-order valence-corrected chi connectivity index (χ4v) is 3.15. The molecule has 0 radical (unpaired) electrons. The van der Waals surface area contributed by atoms with Crippen molar-refractivity contribution < 1.29 is 9.53 Å². The first-order valence-corrected chi connectivity index (χ1v) is 9.59. The van der Waals surface area contributed by atoms with Crippen LogP contribution in [0.2, 0.25) is 0 Å². The van der Waals surface area contributed by atoms with Gasteiger partial charge in [-0.05, 0) is 49.6 Å². The molecule has 1 aliphatic rings. The summed E-state index contributed by atoms with van der Waals surface area (Å²) >= 11 is 0. The van der Waals surface area contributed by atoms with Crippen molar-refractivity contribution >= 4 is 23.6 Å². The molecule has 1 aromatic carbocycles. The highest BCUT2D eigenvalue weighted by Crippen LogP contribution is 2.34. The van der Waals surface area contributed by atoms with Gasteiger partial charge in [-0.3, -0.25) is 9.79 Å². The Bertz CT molecular complexity index is 919. The Kier molecular flexibility index (Phi) is 5.96. The molecule has 1 aromatic heterocycles. The van der Waals surface area contributed by atoms with Gasteiger partial charge in [0.15, 0.2) is 11.6 Å². The highest BCUT2D eigenvalue weighted by atomic mass is 16.5. The Labute approximate surface area is 171 Å². The van der Waals surface area contributed by atoms with Crippen LogP contribution in [0.15, 0.2) is 53.3 Å². The number of ether oxygens (including phenoxy) is 1. The summed E-state index contributed by atoms with van der Waals surface area (Å²) in [7, 11) is 1.62. The molecule has 7 nitrogen and oxygen atoms in total. The van der Waals surface area contributed by atoms with Crippen molar-refractivity contribution in [3.8, 4) is 0 Å². The number of allylic oxidation sites excluding steroid dienone is 1. The van der Waals surface area contributed by atoms with Crippen molar-refractivity contribution in [2.75, 3.05) is 24.0 Å². The van der Waals surface area contributed by atoms with Crippen LogP contribution >= 0.6 is 0 Å². The van der Waals surface area contributed by atoms with Gasteiger partial charge in [-0.25, -0.2) is 0 Å². The normalized spacial score (nSPS) is 15.7. The molecule has 2 heterocycles. The third kappa shape index (κ3) is 4.29. The number of rotatable bonds is 6. The number of aromatic nitrogens is 2. The fourth-order valence-electron chi connectivity index (χ4n) is 3.15. The van der Waals surface area contributed by atoms with Crippen LogP contribution in [-0.4, -0.2) is 36.1 Å². The van der Waals surface area contributed by atoms with Crippen molar-refractivity contribution in [2.24, 2.45) is 10.9 Å². The lowest BCUT2D eigenvalue weighted by Gasteiger charge is -2.33. The van der Waals surface area contributed by atoms with Crippen LogP contribution in [0.5, 0.6) is 0 Å². The van der Waals surface area contributed by atoms with Crippen molar-refractivity contribution in [3.05, 3.63) is 59.6 Å². The number of hydrogen-bond donors (Lipinski definition) is 1. The van der Waals surface area contributed by atoms with Crippen molar-refractivity contribution in [1.82, 2.24) is 10.2 Å². The minimum Gasteiger partial charge on any atom is -0.494 e. The first kappa shape index (κ1) is 20.5. The number of carbonyl (C=O) groups excluding carboxylic acids is 1. The Hall–Kier alpha value is -3.22. The van der Waals surface area contributed by atoms with E-state index in [0.717, 1.165) is 16.9 Å². The molecule has 0 spiro atoms. The Morgan fingerprint density at radius 3 is 2.48 bits per heavy atom. The summed E-state index contributed by atoms with van der Waals surface area (Å²) in [6.45, 7) is 8.43. The molecule has 0 fully saturated rings. The second kappa shape index (κ2) is 8.43. The lowest BCUT2D eigenvalue weighted by Crippen LogP contribution is -2.42. The zero-order valence-corrected chi connectivity index (χ0v) is 17.5. The first-order chi connectivity index (χ1) is 13.8. The summed E-state index contributed by atoms with van der Waals surface area (Å²) < 4.78 is 5.25. The Balaban J connectivity index is 1.84. The molecule has 7 heteroatoms. The van der Waals surface area contributed by atoms with Crippen molar-refractivity contribution in [1.29, 1.82) is 0 Å². The third-order valence-electron chi connectivity index (χ3n) is 5.44. The molecular weight excluding hydrogens is 366 g/mol. The minimum absolute atomic E-state index is 0.0753. The molecule has 1 atom stereocenters. The molecule has 1 unspecified atom stereocenters. The number of methoxy groups -OCH3 is 1. The Morgan fingerprint density at radius 1 is 1.17 bits per heavy atom. The van der Waals surface area contributed by atoms with E-state index in [-0.39, 0.29) is 11.8 Å². The topological polar surface area (TPSA) is 79.7 Å². The van der Waals surface area contributed by atoms with Gasteiger partial charge < -0.3 is 15.0 Å². The van der Waals surface area contributed by atoms with E-state index in [9.17, 15) is 4.79 Å².